The summed E-state index contributed by atoms with van der Waals surface area (Å²) in [5, 5.41) is 12.2. The second-order valence-corrected chi connectivity index (χ2v) is 4.73. The highest BCUT2D eigenvalue weighted by atomic mass is 19.1. The average molecular weight is 273 g/mol. The van der Waals surface area contributed by atoms with Crippen LogP contribution in [0.2, 0.25) is 0 Å². The number of carboxylic acids is 1. The molecule has 0 spiro atoms. The van der Waals surface area contributed by atoms with E-state index >= 15 is 0 Å². The molecule has 3 nitrogen and oxygen atoms in total. The summed E-state index contributed by atoms with van der Waals surface area (Å²) in [4.78, 5) is 11.1. The summed E-state index contributed by atoms with van der Waals surface area (Å²) >= 11 is 0. The molecule has 0 heterocycles. The third-order valence-electron chi connectivity index (χ3n) is 3.23. The van der Waals surface area contributed by atoms with E-state index in [4.69, 9.17) is 5.11 Å². The first-order chi connectivity index (χ1) is 9.49. The standard InChI is InChI=1S/C16H16FNO2/c1-10-6-7-14(17)12(8-10)9-18-15-5-3-4-13(11(15)2)16(19)20/h3-8,18H,9H2,1-2H3,(H,19,20). The average Bonchev–Trinajstić information content (AvgIpc) is 2.41. The summed E-state index contributed by atoms with van der Waals surface area (Å²) in [6.45, 7) is 3.95. The van der Waals surface area contributed by atoms with Crippen molar-refractivity contribution in [2.75, 3.05) is 5.32 Å². The van der Waals surface area contributed by atoms with E-state index in [9.17, 15) is 9.18 Å². The molecule has 0 radical (unpaired) electrons. The lowest BCUT2D eigenvalue weighted by Gasteiger charge is -2.12. The van der Waals surface area contributed by atoms with Gasteiger partial charge in [-0.3, -0.25) is 0 Å². The lowest BCUT2D eigenvalue weighted by Crippen LogP contribution is -2.07. The van der Waals surface area contributed by atoms with Crippen molar-refractivity contribution in [1.29, 1.82) is 0 Å². The molecule has 2 aromatic rings. The van der Waals surface area contributed by atoms with Crippen molar-refractivity contribution in [1.82, 2.24) is 0 Å². The number of aromatic carboxylic acids is 1. The first kappa shape index (κ1) is 14.1. The molecule has 0 saturated heterocycles. The quantitative estimate of drug-likeness (QED) is 0.891. The van der Waals surface area contributed by atoms with Crippen molar-refractivity contribution in [2.45, 2.75) is 20.4 Å². The molecule has 2 N–H and O–H groups in total. The molecule has 0 atom stereocenters. The topological polar surface area (TPSA) is 49.3 Å². The molecule has 0 aliphatic heterocycles. The molecule has 4 heteroatoms. The van der Waals surface area contributed by atoms with Crippen LogP contribution in [0.15, 0.2) is 36.4 Å². The number of rotatable bonds is 4. The molecule has 0 fully saturated rings. The lowest BCUT2D eigenvalue weighted by atomic mass is 10.1. The van der Waals surface area contributed by atoms with Crippen LogP contribution >= 0.6 is 0 Å². The van der Waals surface area contributed by atoms with E-state index in [0.29, 0.717) is 23.4 Å². The predicted molar refractivity (Wildman–Crippen MR) is 76.6 cm³/mol. The van der Waals surface area contributed by atoms with Crippen molar-refractivity contribution in [3.05, 3.63) is 64.5 Å². The zero-order chi connectivity index (χ0) is 14.7. The van der Waals surface area contributed by atoms with Crippen LogP contribution < -0.4 is 5.32 Å². The van der Waals surface area contributed by atoms with Crippen LogP contribution in [-0.2, 0) is 6.54 Å². The van der Waals surface area contributed by atoms with Crippen LogP contribution in [-0.4, -0.2) is 11.1 Å². The molecule has 104 valence electrons. The second-order valence-electron chi connectivity index (χ2n) is 4.73. The van der Waals surface area contributed by atoms with Crippen LogP contribution in [0.4, 0.5) is 10.1 Å². The Bertz CT molecular complexity index is 653. The van der Waals surface area contributed by atoms with Gasteiger partial charge in [-0.25, -0.2) is 9.18 Å². The van der Waals surface area contributed by atoms with Gasteiger partial charge in [0, 0.05) is 17.8 Å². The van der Waals surface area contributed by atoms with E-state index in [-0.39, 0.29) is 11.4 Å². The summed E-state index contributed by atoms with van der Waals surface area (Å²) in [5.74, 6) is -1.23. The molecule has 0 bridgehead atoms. The summed E-state index contributed by atoms with van der Waals surface area (Å²) < 4.78 is 13.6. The Hall–Kier alpha value is -2.36. The predicted octanol–water partition coefficient (Wildman–Crippen LogP) is 3.75. The minimum absolute atomic E-state index is 0.250. The Morgan fingerprint density at radius 1 is 1.25 bits per heavy atom. The van der Waals surface area contributed by atoms with Crippen molar-refractivity contribution in [2.24, 2.45) is 0 Å². The molecule has 20 heavy (non-hydrogen) atoms. The fourth-order valence-electron chi connectivity index (χ4n) is 2.09. The Morgan fingerprint density at radius 3 is 2.70 bits per heavy atom. The Balaban J connectivity index is 2.21. The van der Waals surface area contributed by atoms with E-state index in [1.54, 1.807) is 37.3 Å². The Kier molecular flexibility index (Phi) is 4.03. The molecular formula is C16H16FNO2. The van der Waals surface area contributed by atoms with Crippen molar-refractivity contribution >= 4 is 11.7 Å². The van der Waals surface area contributed by atoms with Crippen LogP contribution in [0.25, 0.3) is 0 Å². The molecule has 0 unspecified atom stereocenters. The number of anilines is 1. The smallest absolute Gasteiger partial charge is 0.336 e. The van der Waals surface area contributed by atoms with Gasteiger partial charge in [-0.15, -0.1) is 0 Å². The fraction of sp³-hybridized carbons (Fsp3) is 0.188. The van der Waals surface area contributed by atoms with Crippen LogP contribution in [0.3, 0.4) is 0 Å². The minimum Gasteiger partial charge on any atom is -0.478 e. The first-order valence-corrected chi connectivity index (χ1v) is 6.31. The summed E-state index contributed by atoms with van der Waals surface area (Å²) in [6, 6.07) is 9.94. The molecule has 2 aromatic carbocycles. The molecule has 0 saturated carbocycles. The van der Waals surface area contributed by atoms with E-state index < -0.39 is 5.97 Å². The summed E-state index contributed by atoms with van der Waals surface area (Å²) in [7, 11) is 0. The number of nitrogens with one attached hydrogen (secondary N) is 1. The third-order valence-corrected chi connectivity index (χ3v) is 3.23. The van der Waals surface area contributed by atoms with Gasteiger partial charge in [0.05, 0.1) is 5.56 Å². The van der Waals surface area contributed by atoms with Crippen molar-refractivity contribution in [3.8, 4) is 0 Å². The maximum atomic E-state index is 13.6. The highest BCUT2D eigenvalue weighted by Gasteiger charge is 2.10. The highest BCUT2D eigenvalue weighted by molar-refractivity contribution is 5.91. The number of carboxylic acid groups (broad SMARTS) is 1. The van der Waals surface area contributed by atoms with E-state index in [2.05, 4.69) is 5.32 Å². The number of hydrogen-bond acceptors (Lipinski definition) is 2. The number of benzene rings is 2. The largest absolute Gasteiger partial charge is 0.478 e. The monoisotopic (exact) mass is 273 g/mol. The second kappa shape index (κ2) is 5.74. The van der Waals surface area contributed by atoms with Crippen molar-refractivity contribution < 1.29 is 14.3 Å². The van der Waals surface area contributed by atoms with Gasteiger partial charge in [-0.2, -0.15) is 0 Å². The molecule has 0 aromatic heterocycles. The zero-order valence-electron chi connectivity index (χ0n) is 11.4. The maximum absolute atomic E-state index is 13.6. The first-order valence-electron chi connectivity index (χ1n) is 6.31. The summed E-state index contributed by atoms with van der Waals surface area (Å²) in [5.41, 5.74) is 3.14. The van der Waals surface area contributed by atoms with E-state index in [1.165, 1.54) is 6.07 Å². The van der Waals surface area contributed by atoms with Crippen LogP contribution in [0.5, 0.6) is 0 Å². The molecule has 0 aliphatic carbocycles. The van der Waals surface area contributed by atoms with Gasteiger partial charge in [-0.1, -0.05) is 23.8 Å². The number of halogens is 1. The Labute approximate surface area is 117 Å². The van der Waals surface area contributed by atoms with Gasteiger partial charge < -0.3 is 10.4 Å². The van der Waals surface area contributed by atoms with E-state index in [0.717, 1.165) is 5.56 Å². The van der Waals surface area contributed by atoms with Crippen molar-refractivity contribution in [3.63, 3.8) is 0 Å². The van der Waals surface area contributed by atoms with Gasteiger partial charge >= 0.3 is 5.97 Å². The fourth-order valence-corrected chi connectivity index (χ4v) is 2.09. The van der Waals surface area contributed by atoms with Gasteiger partial charge in [0.1, 0.15) is 5.82 Å². The highest BCUT2D eigenvalue weighted by Crippen LogP contribution is 2.20. The third kappa shape index (κ3) is 2.96. The zero-order valence-corrected chi connectivity index (χ0v) is 11.4. The van der Waals surface area contributed by atoms with Gasteiger partial charge in [0.15, 0.2) is 0 Å². The molecule has 2 rings (SSSR count). The van der Waals surface area contributed by atoms with Gasteiger partial charge in [0.25, 0.3) is 0 Å². The number of hydrogen-bond donors (Lipinski definition) is 2. The number of carbonyl (C=O) groups is 1. The Morgan fingerprint density at radius 2 is 2.00 bits per heavy atom. The molecule has 0 aliphatic rings. The van der Waals surface area contributed by atoms with Gasteiger partial charge in [0.2, 0.25) is 0 Å². The van der Waals surface area contributed by atoms with Gasteiger partial charge in [-0.05, 0) is 37.6 Å². The normalized spacial score (nSPS) is 10.3. The number of aryl methyl sites for hydroxylation is 1. The summed E-state index contributed by atoms with van der Waals surface area (Å²) in [6.07, 6.45) is 0. The van der Waals surface area contributed by atoms with E-state index in [1.807, 2.05) is 6.92 Å². The molecular weight excluding hydrogens is 257 g/mol. The maximum Gasteiger partial charge on any atom is 0.336 e. The molecule has 0 amide bonds. The lowest BCUT2D eigenvalue weighted by molar-refractivity contribution is 0.0696. The van der Waals surface area contributed by atoms with Crippen LogP contribution in [0, 0.1) is 19.7 Å². The SMILES string of the molecule is Cc1ccc(F)c(CNc2cccc(C(=O)O)c2C)c1. The van der Waals surface area contributed by atoms with Crippen LogP contribution in [0.1, 0.15) is 27.0 Å². The minimum atomic E-state index is -0.965.